The fourth-order valence-electron chi connectivity index (χ4n) is 6.92. The van der Waals surface area contributed by atoms with E-state index in [-0.39, 0.29) is 28.9 Å². The highest BCUT2D eigenvalue weighted by Gasteiger charge is 2.65. The first-order valence-corrected chi connectivity index (χ1v) is 16.5. The summed E-state index contributed by atoms with van der Waals surface area (Å²) in [6, 6.07) is 16.5. The predicted octanol–water partition coefficient (Wildman–Crippen LogP) is 4.65. The van der Waals surface area contributed by atoms with E-state index in [2.05, 4.69) is 23.2 Å². The molecule has 6 rings (SSSR count). The van der Waals surface area contributed by atoms with E-state index in [1.165, 1.54) is 11.5 Å². The lowest BCUT2D eigenvalue weighted by Crippen LogP contribution is -2.56. The highest BCUT2D eigenvalue weighted by molar-refractivity contribution is 7.89. The van der Waals surface area contributed by atoms with Crippen molar-refractivity contribution in [1.29, 1.82) is 0 Å². The number of aliphatic hydroxyl groups is 1. The Balaban J connectivity index is 1.10. The van der Waals surface area contributed by atoms with Crippen LogP contribution in [0.5, 0.6) is 11.5 Å². The summed E-state index contributed by atoms with van der Waals surface area (Å²) >= 11 is 1.20. The van der Waals surface area contributed by atoms with Gasteiger partial charge in [0.05, 0.1) is 5.75 Å². The monoisotopic (exact) mass is 596 g/mol. The molecule has 3 aromatic rings. The Morgan fingerprint density at radius 1 is 1.10 bits per heavy atom. The second kappa shape index (κ2) is 10.4. The van der Waals surface area contributed by atoms with Gasteiger partial charge in [-0.1, -0.05) is 44.2 Å². The zero-order valence-electron chi connectivity index (χ0n) is 23.6. The normalized spacial score (nSPS) is 26.8. The Morgan fingerprint density at radius 2 is 1.80 bits per heavy atom. The maximum absolute atomic E-state index is 13.6. The topological polar surface area (TPSA) is 113 Å². The van der Waals surface area contributed by atoms with Gasteiger partial charge in [-0.25, -0.2) is 13.4 Å². The number of nitrogens with zero attached hydrogens (tertiary/aromatic N) is 4. The first kappa shape index (κ1) is 28.3. The standard InChI is InChI=1S/C30H36N4O5S2/c1-20-18-33(41(37,38)19-30-14-13-22(17-25(30)35)29(30,2)3)15-16-34(20)28-31-27(32-40-28)26(36)21-9-11-24(12-10-21)39-23-7-5-4-6-8-23/h4-12,20,22,26,36H,13-19H2,1-3H3. The molecule has 1 saturated heterocycles. The molecule has 218 valence electrons. The van der Waals surface area contributed by atoms with Crippen LogP contribution in [0.2, 0.25) is 0 Å². The largest absolute Gasteiger partial charge is 0.457 e. The van der Waals surface area contributed by atoms with E-state index in [9.17, 15) is 18.3 Å². The number of hydrogen-bond donors (Lipinski definition) is 1. The second-order valence-corrected chi connectivity index (χ2v) is 14.8. The summed E-state index contributed by atoms with van der Waals surface area (Å²) in [5.41, 5.74) is -0.409. The summed E-state index contributed by atoms with van der Waals surface area (Å²) in [7, 11) is -3.62. The molecule has 4 atom stereocenters. The first-order chi connectivity index (χ1) is 19.5. The van der Waals surface area contributed by atoms with Gasteiger partial charge >= 0.3 is 0 Å². The predicted molar refractivity (Wildman–Crippen MR) is 158 cm³/mol. The van der Waals surface area contributed by atoms with Crippen LogP contribution in [0, 0.1) is 16.7 Å². The molecule has 3 fully saturated rings. The maximum atomic E-state index is 13.6. The lowest BCUT2D eigenvalue weighted by atomic mass is 9.70. The molecule has 1 N–H and O–H groups in total. The number of piperazine rings is 1. The molecule has 0 amide bonds. The molecule has 0 spiro atoms. The average Bonchev–Trinajstić information content (AvgIpc) is 3.57. The van der Waals surface area contributed by atoms with Gasteiger partial charge < -0.3 is 14.7 Å². The zero-order chi connectivity index (χ0) is 29.0. The molecule has 41 heavy (non-hydrogen) atoms. The Hall–Kier alpha value is -2.86. The first-order valence-electron chi connectivity index (χ1n) is 14.1. The van der Waals surface area contributed by atoms with Gasteiger partial charge in [-0.15, -0.1) is 0 Å². The van der Waals surface area contributed by atoms with Gasteiger partial charge in [-0.3, -0.25) is 4.79 Å². The van der Waals surface area contributed by atoms with Gasteiger partial charge in [-0.2, -0.15) is 8.68 Å². The maximum Gasteiger partial charge on any atom is 0.215 e. The van der Waals surface area contributed by atoms with Crippen molar-refractivity contribution in [2.75, 3.05) is 30.3 Å². The van der Waals surface area contributed by atoms with Crippen molar-refractivity contribution in [3.63, 3.8) is 0 Å². The number of carbonyl (C=O) groups excluding carboxylic acids is 1. The Bertz CT molecular complexity index is 1530. The van der Waals surface area contributed by atoms with Crippen molar-refractivity contribution in [2.45, 2.75) is 52.2 Å². The smallest absolute Gasteiger partial charge is 0.215 e. The zero-order valence-corrected chi connectivity index (χ0v) is 25.2. The number of Topliss-reactive ketones (excluding diaryl/α,β-unsaturated/α-hetero) is 1. The minimum Gasteiger partial charge on any atom is -0.457 e. The van der Waals surface area contributed by atoms with E-state index in [0.717, 1.165) is 12.2 Å². The van der Waals surface area contributed by atoms with Crippen molar-refractivity contribution < 1.29 is 23.1 Å². The summed E-state index contributed by atoms with van der Waals surface area (Å²) in [6.07, 6.45) is 1.10. The molecule has 0 radical (unpaired) electrons. The van der Waals surface area contributed by atoms with E-state index in [4.69, 9.17) is 4.74 Å². The van der Waals surface area contributed by atoms with Crippen LogP contribution < -0.4 is 9.64 Å². The van der Waals surface area contributed by atoms with Crippen molar-refractivity contribution in [1.82, 2.24) is 13.7 Å². The molecular formula is C30H36N4O5S2. The average molecular weight is 597 g/mol. The summed E-state index contributed by atoms with van der Waals surface area (Å²) in [5.74, 6) is 2.00. The molecule has 11 heteroatoms. The van der Waals surface area contributed by atoms with Gasteiger partial charge in [0.25, 0.3) is 0 Å². The second-order valence-electron chi connectivity index (χ2n) is 12.1. The number of ketones is 1. The quantitative estimate of drug-likeness (QED) is 0.400. The third kappa shape index (κ3) is 4.96. The fraction of sp³-hybridized carbons (Fsp3) is 0.500. The molecule has 1 aliphatic heterocycles. The third-order valence-corrected chi connectivity index (χ3v) is 12.4. The number of aliphatic hydroxyl groups excluding tert-OH is 1. The van der Waals surface area contributed by atoms with Gasteiger partial charge in [0.15, 0.2) is 5.82 Å². The van der Waals surface area contributed by atoms with Crippen LogP contribution in [-0.4, -0.2) is 64.4 Å². The molecule has 2 aliphatic carbocycles. The molecular weight excluding hydrogens is 560 g/mol. The number of para-hydroxylation sites is 1. The van der Waals surface area contributed by atoms with Gasteiger partial charge in [0.1, 0.15) is 23.4 Å². The number of benzene rings is 2. The van der Waals surface area contributed by atoms with Crippen molar-refractivity contribution in [2.24, 2.45) is 16.7 Å². The number of carbonyl (C=O) groups is 1. The highest BCUT2D eigenvalue weighted by atomic mass is 32.2. The van der Waals surface area contributed by atoms with Gasteiger partial charge in [0, 0.05) is 49.0 Å². The Morgan fingerprint density at radius 3 is 2.44 bits per heavy atom. The number of hydrogen-bond acceptors (Lipinski definition) is 9. The van der Waals surface area contributed by atoms with E-state index in [1.54, 1.807) is 28.6 Å². The van der Waals surface area contributed by atoms with Crippen molar-refractivity contribution in [3.8, 4) is 11.5 Å². The van der Waals surface area contributed by atoms with Crippen LogP contribution in [-0.2, 0) is 14.8 Å². The van der Waals surface area contributed by atoms with Crippen LogP contribution in [0.1, 0.15) is 57.5 Å². The molecule has 4 unspecified atom stereocenters. The summed E-state index contributed by atoms with van der Waals surface area (Å²) in [6.45, 7) is 7.21. The number of rotatable bonds is 8. The van der Waals surface area contributed by atoms with E-state index < -0.39 is 21.5 Å². The molecule has 9 nitrogen and oxygen atoms in total. The van der Waals surface area contributed by atoms with Gasteiger partial charge in [-0.05, 0) is 60.9 Å². The molecule has 2 heterocycles. The van der Waals surface area contributed by atoms with E-state index in [0.29, 0.717) is 54.7 Å². The van der Waals surface area contributed by atoms with E-state index in [1.807, 2.05) is 42.2 Å². The molecule has 2 bridgehead atoms. The summed E-state index contributed by atoms with van der Waals surface area (Å²) < 4.78 is 39.0. The number of sulfonamides is 1. The summed E-state index contributed by atoms with van der Waals surface area (Å²) in [5, 5.41) is 11.6. The van der Waals surface area contributed by atoms with Crippen LogP contribution in [0.3, 0.4) is 0 Å². The van der Waals surface area contributed by atoms with Crippen LogP contribution in [0.25, 0.3) is 0 Å². The summed E-state index contributed by atoms with van der Waals surface area (Å²) in [4.78, 5) is 19.6. The molecule has 2 saturated carbocycles. The van der Waals surface area contributed by atoms with Crippen LogP contribution in [0.15, 0.2) is 54.6 Å². The lowest BCUT2D eigenvalue weighted by Gasteiger charge is -2.42. The van der Waals surface area contributed by atoms with Crippen LogP contribution in [0.4, 0.5) is 5.13 Å². The molecule has 3 aliphatic rings. The SMILES string of the molecule is CC1CN(S(=O)(=O)CC23CCC(CC2=O)C3(C)C)CCN1c1nc(C(O)c2ccc(Oc3ccccc3)cc2)ns1. The van der Waals surface area contributed by atoms with E-state index >= 15 is 0 Å². The molecule has 2 aromatic carbocycles. The number of fused-ring (bicyclic) bond motifs is 2. The minimum absolute atomic E-state index is 0.0978. The highest BCUT2D eigenvalue weighted by Crippen LogP contribution is 2.64. The Labute approximate surface area is 245 Å². The molecule has 1 aromatic heterocycles. The van der Waals surface area contributed by atoms with Crippen molar-refractivity contribution in [3.05, 3.63) is 66.0 Å². The number of ether oxygens (including phenoxy) is 1. The minimum atomic E-state index is -3.62. The van der Waals surface area contributed by atoms with Gasteiger partial charge in [0.2, 0.25) is 15.2 Å². The fourth-order valence-corrected chi connectivity index (χ4v) is 10.0. The van der Waals surface area contributed by atoms with Crippen molar-refractivity contribution >= 4 is 32.5 Å². The third-order valence-electron chi connectivity index (χ3n) is 9.65. The Kier molecular flexibility index (Phi) is 7.20. The number of anilines is 1. The lowest BCUT2D eigenvalue weighted by molar-refractivity contribution is -0.128. The number of aromatic nitrogens is 2. The van der Waals surface area contributed by atoms with Crippen LogP contribution >= 0.6 is 11.5 Å².